The second-order valence-electron chi connectivity index (χ2n) is 4.02. The number of nitrogens with zero attached hydrogens (tertiary/aromatic N) is 2. The summed E-state index contributed by atoms with van der Waals surface area (Å²) in [7, 11) is 0. The molecule has 0 aromatic heterocycles. The van der Waals surface area contributed by atoms with Gasteiger partial charge < -0.3 is 0 Å². The topological polar surface area (TPSA) is 61.2 Å². The summed E-state index contributed by atoms with van der Waals surface area (Å²) in [4.78, 5) is 24.6. The summed E-state index contributed by atoms with van der Waals surface area (Å²) in [6, 6.07) is 2.12. The number of hydrogen-bond donors (Lipinski definition) is 0. The van der Waals surface area contributed by atoms with Crippen molar-refractivity contribution < 1.29 is 9.59 Å². The van der Waals surface area contributed by atoms with E-state index in [9.17, 15) is 9.59 Å². The van der Waals surface area contributed by atoms with Crippen molar-refractivity contribution >= 4 is 11.8 Å². The minimum Gasteiger partial charge on any atom is -0.274 e. The van der Waals surface area contributed by atoms with Gasteiger partial charge in [-0.15, -0.1) is 0 Å². The van der Waals surface area contributed by atoms with Crippen LogP contribution in [-0.4, -0.2) is 22.3 Å². The van der Waals surface area contributed by atoms with Crippen molar-refractivity contribution in [1.29, 1.82) is 5.26 Å². The molecule has 0 radical (unpaired) electrons. The molecule has 15 heavy (non-hydrogen) atoms. The number of carbonyl (C=O) groups is 2. The highest BCUT2D eigenvalue weighted by Gasteiger charge is 2.47. The lowest BCUT2D eigenvalue weighted by molar-refractivity contribution is -0.144. The minimum atomic E-state index is -0.932. The third-order valence-electron chi connectivity index (χ3n) is 3.18. The van der Waals surface area contributed by atoms with E-state index in [0.717, 1.165) is 0 Å². The molecule has 0 saturated carbocycles. The van der Waals surface area contributed by atoms with Crippen LogP contribution in [0.1, 0.15) is 40.0 Å². The van der Waals surface area contributed by atoms with Gasteiger partial charge in [0.1, 0.15) is 5.54 Å². The number of carbonyl (C=O) groups excluding carboxylic acids is 2. The van der Waals surface area contributed by atoms with E-state index < -0.39 is 5.54 Å². The molecule has 0 spiro atoms. The first-order valence-electron chi connectivity index (χ1n) is 5.30. The largest absolute Gasteiger partial charge is 0.274 e. The second kappa shape index (κ2) is 4.01. The second-order valence-corrected chi connectivity index (χ2v) is 4.02. The Morgan fingerprint density at radius 1 is 1.47 bits per heavy atom. The molecule has 0 aromatic rings. The lowest BCUT2D eigenvalue weighted by Gasteiger charge is -2.32. The molecule has 1 atom stereocenters. The highest BCUT2D eigenvalue weighted by Crippen LogP contribution is 2.31. The molecule has 1 aliphatic rings. The van der Waals surface area contributed by atoms with Crippen LogP contribution in [-0.2, 0) is 9.59 Å². The Hall–Kier alpha value is -1.37. The molecule has 1 fully saturated rings. The lowest BCUT2D eigenvalue weighted by atomic mass is 9.92. The average molecular weight is 208 g/mol. The first kappa shape index (κ1) is 11.7. The zero-order valence-electron chi connectivity index (χ0n) is 9.41. The van der Waals surface area contributed by atoms with Crippen molar-refractivity contribution in [2.75, 3.05) is 0 Å². The van der Waals surface area contributed by atoms with Gasteiger partial charge in [-0.1, -0.05) is 20.8 Å². The van der Waals surface area contributed by atoms with Crippen LogP contribution in [0.3, 0.4) is 0 Å². The van der Waals surface area contributed by atoms with Crippen LogP contribution in [0.2, 0.25) is 0 Å². The van der Waals surface area contributed by atoms with Crippen LogP contribution in [0.5, 0.6) is 0 Å². The van der Waals surface area contributed by atoms with Crippen molar-refractivity contribution in [2.24, 2.45) is 5.92 Å². The fraction of sp³-hybridized carbons (Fsp3) is 0.727. The number of rotatable bonds is 3. The molecule has 1 saturated heterocycles. The van der Waals surface area contributed by atoms with E-state index in [1.54, 1.807) is 6.92 Å². The molecule has 0 aliphatic carbocycles. The molecular formula is C11H16N2O2. The first-order valence-corrected chi connectivity index (χ1v) is 5.30. The third-order valence-corrected chi connectivity index (χ3v) is 3.18. The van der Waals surface area contributed by atoms with Crippen molar-refractivity contribution in [3.05, 3.63) is 0 Å². The van der Waals surface area contributed by atoms with E-state index in [0.29, 0.717) is 12.8 Å². The summed E-state index contributed by atoms with van der Waals surface area (Å²) in [6.45, 7) is 5.39. The quantitative estimate of drug-likeness (QED) is 0.660. The molecule has 1 aliphatic heterocycles. The molecule has 82 valence electrons. The SMILES string of the molecule is CCC(C#N)(CC)N1C(=O)CC(C)C1=O. The molecule has 4 heteroatoms. The van der Waals surface area contributed by atoms with Crippen molar-refractivity contribution in [3.63, 3.8) is 0 Å². The molecule has 1 unspecified atom stereocenters. The number of amides is 2. The van der Waals surface area contributed by atoms with Crippen LogP contribution in [0.15, 0.2) is 0 Å². The Balaban J connectivity index is 3.10. The van der Waals surface area contributed by atoms with E-state index in [4.69, 9.17) is 5.26 Å². The predicted octanol–water partition coefficient (Wildman–Crippen LogP) is 1.46. The highest BCUT2D eigenvalue weighted by molar-refractivity contribution is 6.04. The van der Waals surface area contributed by atoms with Crippen LogP contribution in [0.25, 0.3) is 0 Å². The van der Waals surface area contributed by atoms with Gasteiger partial charge in [0.25, 0.3) is 0 Å². The minimum absolute atomic E-state index is 0.203. The maximum absolute atomic E-state index is 11.8. The third kappa shape index (κ3) is 1.63. The average Bonchev–Trinajstić information content (AvgIpc) is 2.48. The molecule has 4 nitrogen and oxygen atoms in total. The summed E-state index contributed by atoms with van der Waals surface area (Å²) in [5, 5.41) is 9.16. The summed E-state index contributed by atoms with van der Waals surface area (Å²) in [6.07, 6.45) is 1.22. The van der Waals surface area contributed by atoms with Crippen LogP contribution in [0, 0.1) is 17.2 Å². The van der Waals surface area contributed by atoms with Gasteiger partial charge in [0.2, 0.25) is 11.8 Å². The van der Waals surface area contributed by atoms with Crippen LogP contribution < -0.4 is 0 Å². The predicted molar refractivity (Wildman–Crippen MR) is 54.6 cm³/mol. The Labute approximate surface area is 89.9 Å². The van der Waals surface area contributed by atoms with E-state index in [-0.39, 0.29) is 24.2 Å². The Morgan fingerprint density at radius 2 is 2.00 bits per heavy atom. The van der Waals surface area contributed by atoms with E-state index >= 15 is 0 Å². The van der Waals surface area contributed by atoms with Crippen molar-refractivity contribution in [2.45, 2.75) is 45.6 Å². The Kier molecular flexibility index (Phi) is 3.13. The molecule has 1 heterocycles. The fourth-order valence-electron chi connectivity index (χ4n) is 2.01. The highest BCUT2D eigenvalue weighted by atomic mass is 16.2. The van der Waals surface area contributed by atoms with Gasteiger partial charge in [0.05, 0.1) is 6.07 Å². The normalized spacial score (nSPS) is 22.0. The summed E-state index contributed by atoms with van der Waals surface area (Å²) >= 11 is 0. The van der Waals surface area contributed by atoms with Crippen LogP contribution >= 0.6 is 0 Å². The number of likely N-dealkylation sites (tertiary alicyclic amines) is 1. The lowest BCUT2D eigenvalue weighted by Crippen LogP contribution is -2.50. The fourth-order valence-corrected chi connectivity index (χ4v) is 2.01. The molecule has 1 rings (SSSR count). The maximum atomic E-state index is 11.8. The first-order chi connectivity index (χ1) is 7.02. The van der Waals surface area contributed by atoms with Gasteiger partial charge in [-0.3, -0.25) is 14.5 Å². The molecule has 0 bridgehead atoms. The van der Waals surface area contributed by atoms with Gasteiger partial charge in [0.15, 0.2) is 0 Å². The number of imide groups is 1. The van der Waals surface area contributed by atoms with Crippen LogP contribution in [0.4, 0.5) is 0 Å². The zero-order chi connectivity index (χ0) is 11.6. The van der Waals surface area contributed by atoms with Gasteiger partial charge in [-0.05, 0) is 12.8 Å². The van der Waals surface area contributed by atoms with Crippen molar-refractivity contribution in [3.8, 4) is 6.07 Å². The molecular weight excluding hydrogens is 192 g/mol. The standard InChI is InChI=1S/C11H16N2O2/c1-4-11(5-2,7-12)13-9(14)6-8(3)10(13)15/h8H,4-6H2,1-3H3. The van der Waals surface area contributed by atoms with Gasteiger partial charge >= 0.3 is 0 Å². The monoisotopic (exact) mass is 208 g/mol. The molecule has 0 aromatic carbocycles. The smallest absolute Gasteiger partial charge is 0.233 e. The number of nitriles is 1. The van der Waals surface area contributed by atoms with Gasteiger partial charge in [0, 0.05) is 12.3 Å². The summed E-state index contributed by atoms with van der Waals surface area (Å²) in [5.74, 6) is -0.689. The number of hydrogen-bond acceptors (Lipinski definition) is 3. The molecule has 0 N–H and O–H groups in total. The molecule has 2 amide bonds. The summed E-state index contributed by atoms with van der Waals surface area (Å²) in [5.41, 5.74) is -0.932. The Morgan fingerprint density at radius 3 is 2.27 bits per heavy atom. The summed E-state index contributed by atoms with van der Waals surface area (Å²) < 4.78 is 0. The van der Waals surface area contributed by atoms with Gasteiger partial charge in [-0.2, -0.15) is 5.26 Å². The van der Waals surface area contributed by atoms with Crippen molar-refractivity contribution in [1.82, 2.24) is 4.90 Å². The van der Waals surface area contributed by atoms with Gasteiger partial charge in [-0.25, -0.2) is 0 Å². The maximum Gasteiger partial charge on any atom is 0.233 e. The van der Waals surface area contributed by atoms with E-state index in [1.807, 2.05) is 13.8 Å². The zero-order valence-corrected chi connectivity index (χ0v) is 9.41. The van der Waals surface area contributed by atoms with E-state index in [2.05, 4.69) is 6.07 Å². The Bertz CT molecular complexity index is 326. The van der Waals surface area contributed by atoms with E-state index in [1.165, 1.54) is 4.90 Å².